The van der Waals surface area contributed by atoms with Crippen LogP contribution in [0.1, 0.15) is 44.0 Å². The van der Waals surface area contributed by atoms with Gasteiger partial charge in [0.15, 0.2) is 11.8 Å². The summed E-state index contributed by atoms with van der Waals surface area (Å²) < 4.78 is 6.18. The highest BCUT2D eigenvalue weighted by atomic mass is 16.6. The van der Waals surface area contributed by atoms with Crippen LogP contribution in [-0.4, -0.2) is 14.8 Å². The molecular weight excluding hydrogens is 384 g/mol. The summed E-state index contributed by atoms with van der Waals surface area (Å²) in [6, 6.07) is 8.66. The molecule has 29 heavy (non-hydrogen) atoms. The molecule has 0 saturated heterocycles. The maximum Gasteiger partial charge on any atom is 0.290 e. The SMILES string of the molecule is CCC1(CC)O[C@@H](c2c([N+](=O)[O-])cc([N+](=O)[O-])cc2[N+](=O)[O-])Nc2ccccc21. The molecule has 1 aliphatic heterocycles. The Morgan fingerprint density at radius 2 is 1.52 bits per heavy atom. The first-order valence-electron chi connectivity index (χ1n) is 8.89. The van der Waals surface area contributed by atoms with Gasteiger partial charge in [-0.2, -0.15) is 0 Å². The van der Waals surface area contributed by atoms with E-state index in [9.17, 15) is 30.3 Å². The van der Waals surface area contributed by atoms with Crippen molar-refractivity contribution in [2.75, 3.05) is 5.32 Å². The molecule has 11 nitrogen and oxygen atoms in total. The fraction of sp³-hybridized carbons (Fsp3) is 0.333. The molecule has 2 aromatic carbocycles. The zero-order valence-corrected chi connectivity index (χ0v) is 15.7. The maximum absolute atomic E-state index is 11.6. The third-order valence-corrected chi connectivity index (χ3v) is 5.18. The van der Waals surface area contributed by atoms with Gasteiger partial charge in [0.25, 0.3) is 17.1 Å². The molecule has 2 aromatic rings. The van der Waals surface area contributed by atoms with Gasteiger partial charge in [0.05, 0.1) is 32.5 Å². The van der Waals surface area contributed by atoms with Crippen molar-refractivity contribution < 1.29 is 19.5 Å². The van der Waals surface area contributed by atoms with Crippen LogP contribution in [-0.2, 0) is 10.3 Å². The van der Waals surface area contributed by atoms with Crippen LogP contribution < -0.4 is 5.32 Å². The van der Waals surface area contributed by atoms with Gasteiger partial charge in [0.1, 0.15) is 0 Å². The predicted octanol–water partition coefficient (Wildman–Crippen LogP) is 4.57. The summed E-state index contributed by atoms with van der Waals surface area (Å²) in [7, 11) is 0. The number of para-hydroxylation sites is 1. The van der Waals surface area contributed by atoms with Gasteiger partial charge in [0, 0.05) is 11.3 Å². The smallest absolute Gasteiger partial charge is 0.290 e. The van der Waals surface area contributed by atoms with Gasteiger partial charge in [-0.15, -0.1) is 0 Å². The number of anilines is 1. The number of nitro groups is 3. The van der Waals surface area contributed by atoms with Crippen LogP contribution in [0.2, 0.25) is 0 Å². The number of rotatable bonds is 6. The standard InChI is InChI=1S/C18H18N4O7/c1-3-18(4-2)12-7-5-6-8-13(12)19-17(29-18)16-14(21(25)26)9-11(20(23)24)10-15(16)22(27)28/h5-10,17,19H,3-4H2,1-2H3/t17-/m0/s1. The van der Waals surface area contributed by atoms with Crippen molar-refractivity contribution in [1.29, 1.82) is 0 Å². The molecule has 152 valence electrons. The highest BCUT2D eigenvalue weighted by molar-refractivity contribution is 5.65. The first kappa shape index (κ1) is 20.1. The molecule has 0 amide bonds. The van der Waals surface area contributed by atoms with Crippen molar-refractivity contribution in [2.45, 2.75) is 38.5 Å². The number of fused-ring (bicyclic) bond motifs is 1. The summed E-state index contributed by atoms with van der Waals surface area (Å²) in [5.41, 5.74) is -1.93. The fourth-order valence-electron chi connectivity index (χ4n) is 3.68. The molecule has 1 heterocycles. The molecule has 0 unspecified atom stereocenters. The number of nitrogens with zero attached hydrogens (tertiary/aromatic N) is 3. The van der Waals surface area contributed by atoms with E-state index in [0.717, 1.165) is 5.56 Å². The normalized spacial score (nSPS) is 17.1. The minimum absolute atomic E-state index is 0.355. The largest absolute Gasteiger partial charge is 0.356 e. The molecule has 0 saturated carbocycles. The summed E-state index contributed by atoms with van der Waals surface area (Å²) in [6.07, 6.45) is -0.188. The van der Waals surface area contributed by atoms with E-state index in [2.05, 4.69) is 5.32 Å². The van der Waals surface area contributed by atoms with Crippen LogP contribution in [0.3, 0.4) is 0 Å². The van der Waals surface area contributed by atoms with Gasteiger partial charge in [-0.25, -0.2) is 0 Å². The van der Waals surface area contributed by atoms with E-state index < -0.39 is 43.7 Å². The van der Waals surface area contributed by atoms with Gasteiger partial charge in [-0.3, -0.25) is 30.3 Å². The highest BCUT2D eigenvalue weighted by Crippen LogP contribution is 2.49. The summed E-state index contributed by atoms with van der Waals surface area (Å²) in [5.74, 6) is 0. The Labute approximate surface area is 164 Å². The number of hydrogen-bond donors (Lipinski definition) is 1. The number of nitro benzene ring substituents is 3. The van der Waals surface area contributed by atoms with Crippen LogP contribution in [0.25, 0.3) is 0 Å². The Kier molecular flexibility index (Phi) is 5.16. The van der Waals surface area contributed by atoms with E-state index in [-0.39, 0.29) is 5.56 Å². The third kappa shape index (κ3) is 3.36. The van der Waals surface area contributed by atoms with Gasteiger partial charge in [-0.05, 0) is 18.9 Å². The average Bonchev–Trinajstić information content (AvgIpc) is 2.71. The summed E-state index contributed by atoms with van der Waals surface area (Å²) in [6.45, 7) is 3.78. The Balaban J connectivity index is 2.27. The second-order valence-corrected chi connectivity index (χ2v) is 6.56. The quantitative estimate of drug-likeness (QED) is 0.545. The lowest BCUT2D eigenvalue weighted by molar-refractivity contribution is -0.405. The zero-order chi connectivity index (χ0) is 21.3. The molecule has 0 spiro atoms. The van der Waals surface area contributed by atoms with Crippen LogP contribution in [0, 0.1) is 30.3 Å². The molecule has 0 aromatic heterocycles. The van der Waals surface area contributed by atoms with Crippen molar-refractivity contribution in [3.8, 4) is 0 Å². The van der Waals surface area contributed by atoms with Crippen LogP contribution in [0.4, 0.5) is 22.7 Å². The van der Waals surface area contributed by atoms with Crippen molar-refractivity contribution in [1.82, 2.24) is 0 Å². The lowest BCUT2D eigenvalue weighted by atomic mass is 9.85. The van der Waals surface area contributed by atoms with E-state index in [4.69, 9.17) is 4.74 Å². The number of hydrogen-bond acceptors (Lipinski definition) is 8. The monoisotopic (exact) mass is 402 g/mol. The number of ether oxygens (including phenoxy) is 1. The number of nitrogens with one attached hydrogen (secondary N) is 1. The molecule has 3 rings (SSSR count). The number of non-ortho nitro benzene ring substituents is 1. The van der Waals surface area contributed by atoms with E-state index in [1.165, 1.54) is 0 Å². The molecule has 1 atom stereocenters. The average molecular weight is 402 g/mol. The minimum Gasteiger partial charge on any atom is -0.356 e. The van der Waals surface area contributed by atoms with Crippen LogP contribution in [0.15, 0.2) is 36.4 Å². The molecule has 11 heteroatoms. The van der Waals surface area contributed by atoms with Crippen molar-refractivity contribution in [2.24, 2.45) is 0 Å². The molecule has 0 fully saturated rings. The zero-order valence-electron chi connectivity index (χ0n) is 15.7. The Bertz CT molecular complexity index is 968. The minimum atomic E-state index is -1.23. The van der Waals surface area contributed by atoms with Crippen molar-refractivity contribution >= 4 is 22.7 Å². The summed E-state index contributed by atoms with van der Waals surface area (Å²) in [5, 5.41) is 37.4. The highest BCUT2D eigenvalue weighted by Gasteiger charge is 2.44. The van der Waals surface area contributed by atoms with Gasteiger partial charge in [0.2, 0.25) is 0 Å². The predicted molar refractivity (Wildman–Crippen MR) is 103 cm³/mol. The van der Waals surface area contributed by atoms with Crippen LogP contribution in [0.5, 0.6) is 0 Å². The van der Waals surface area contributed by atoms with E-state index in [0.29, 0.717) is 30.7 Å². The molecule has 1 N–H and O–H groups in total. The van der Waals surface area contributed by atoms with E-state index in [1.54, 1.807) is 12.1 Å². The van der Waals surface area contributed by atoms with Crippen molar-refractivity contribution in [3.63, 3.8) is 0 Å². The summed E-state index contributed by atoms with van der Waals surface area (Å²) >= 11 is 0. The van der Waals surface area contributed by atoms with Gasteiger partial charge >= 0.3 is 0 Å². The molecule has 0 bridgehead atoms. The first-order valence-corrected chi connectivity index (χ1v) is 8.89. The van der Waals surface area contributed by atoms with Gasteiger partial charge < -0.3 is 10.1 Å². The lowest BCUT2D eigenvalue weighted by Gasteiger charge is -2.42. The Morgan fingerprint density at radius 1 is 0.966 bits per heavy atom. The molecular formula is C18H18N4O7. The molecule has 0 aliphatic carbocycles. The number of benzene rings is 2. The molecule has 1 aliphatic rings. The second-order valence-electron chi connectivity index (χ2n) is 6.56. The first-order chi connectivity index (χ1) is 13.7. The maximum atomic E-state index is 11.6. The third-order valence-electron chi connectivity index (χ3n) is 5.18. The Hall–Kier alpha value is -3.60. The van der Waals surface area contributed by atoms with Gasteiger partial charge in [-0.1, -0.05) is 32.0 Å². The fourth-order valence-corrected chi connectivity index (χ4v) is 3.68. The molecule has 0 radical (unpaired) electrons. The van der Waals surface area contributed by atoms with E-state index >= 15 is 0 Å². The topological polar surface area (TPSA) is 151 Å². The van der Waals surface area contributed by atoms with E-state index in [1.807, 2.05) is 26.0 Å². The van der Waals surface area contributed by atoms with Crippen molar-refractivity contribution in [3.05, 3.63) is 77.9 Å². The summed E-state index contributed by atoms with van der Waals surface area (Å²) in [4.78, 5) is 31.7. The Morgan fingerprint density at radius 3 is 2.00 bits per heavy atom. The lowest BCUT2D eigenvalue weighted by Crippen LogP contribution is -2.38. The second kappa shape index (κ2) is 7.43. The van der Waals surface area contributed by atoms with Crippen LogP contribution >= 0.6 is 0 Å².